The first-order valence-corrected chi connectivity index (χ1v) is 4.95. The second-order valence-corrected chi connectivity index (χ2v) is 3.71. The molecule has 1 aromatic rings. The van der Waals surface area contributed by atoms with E-state index in [2.05, 4.69) is 12.1 Å². The zero-order chi connectivity index (χ0) is 9.97. The van der Waals surface area contributed by atoms with Gasteiger partial charge in [0.15, 0.2) is 0 Å². The summed E-state index contributed by atoms with van der Waals surface area (Å²) in [7, 11) is 1.69. The summed E-state index contributed by atoms with van der Waals surface area (Å²) >= 11 is 0. The minimum atomic E-state index is 0.826. The number of benzene rings is 1. The van der Waals surface area contributed by atoms with Crippen LogP contribution >= 0.6 is 0 Å². The number of aryl methyl sites for hydroxylation is 1. The third kappa shape index (κ3) is 1.89. The van der Waals surface area contributed by atoms with Crippen LogP contribution in [-0.2, 0) is 13.0 Å². The van der Waals surface area contributed by atoms with Crippen molar-refractivity contribution in [2.45, 2.75) is 19.4 Å². The van der Waals surface area contributed by atoms with Crippen LogP contribution in [0.4, 0.5) is 0 Å². The number of fused-ring (bicyclic) bond motifs is 1. The first-order valence-electron chi connectivity index (χ1n) is 4.95. The molecule has 0 unspecified atom stereocenters. The van der Waals surface area contributed by atoms with Crippen molar-refractivity contribution < 1.29 is 4.74 Å². The topological polar surface area (TPSA) is 38.5 Å². The molecular weight excluding hydrogens is 176 g/mol. The van der Waals surface area contributed by atoms with E-state index in [4.69, 9.17) is 10.6 Å². The highest BCUT2D eigenvalue weighted by atomic mass is 16.5. The molecule has 1 aliphatic rings. The van der Waals surface area contributed by atoms with Crippen LogP contribution < -0.4 is 10.6 Å². The summed E-state index contributed by atoms with van der Waals surface area (Å²) in [6.07, 6.45) is 2.25. The molecule has 3 nitrogen and oxygen atoms in total. The Morgan fingerprint density at radius 2 is 2.21 bits per heavy atom. The monoisotopic (exact) mass is 192 g/mol. The number of rotatable bonds is 1. The predicted octanol–water partition coefficient (Wildman–Crippen LogP) is 1.32. The zero-order valence-electron chi connectivity index (χ0n) is 8.49. The Morgan fingerprint density at radius 3 is 3.00 bits per heavy atom. The van der Waals surface area contributed by atoms with Crippen molar-refractivity contribution in [3.8, 4) is 5.75 Å². The van der Waals surface area contributed by atoms with Gasteiger partial charge in [0.1, 0.15) is 5.75 Å². The van der Waals surface area contributed by atoms with Crippen molar-refractivity contribution in [1.82, 2.24) is 5.01 Å². The quantitative estimate of drug-likeness (QED) is 0.682. The fourth-order valence-corrected chi connectivity index (χ4v) is 1.89. The maximum atomic E-state index is 5.83. The number of nitrogens with zero attached hydrogens (tertiary/aromatic N) is 1. The standard InChI is InChI=1S/C11H16N2O/c1-14-11-5-4-9-3-2-6-13(12)8-10(9)7-11/h4-5,7H,2-3,6,8,12H2,1H3. The van der Waals surface area contributed by atoms with Crippen molar-refractivity contribution in [2.24, 2.45) is 5.84 Å². The molecule has 0 saturated heterocycles. The Kier molecular flexibility index (Phi) is 2.70. The summed E-state index contributed by atoms with van der Waals surface area (Å²) in [5.41, 5.74) is 2.70. The van der Waals surface area contributed by atoms with Gasteiger partial charge in [-0.1, -0.05) is 6.07 Å². The molecule has 0 aliphatic carbocycles. The van der Waals surface area contributed by atoms with Crippen molar-refractivity contribution in [3.63, 3.8) is 0 Å². The lowest BCUT2D eigenvalue weighted by atomic mass is 10.0. The van der Waals surface area contributed by atoms with Crippen LogP contribution in [0.3, 0.4) is 0 Å². The highest BCUT2D eigenvalue weighted by Gasteiger charge is 2.11. The van der Waals surface area contributed by atoms with Gasteiger partial charge >= 0.3 is 0 Å². The number of hydrogen-bond donors (Lipinski definition) is 1. The zero-order valence-corrected chi connectivity index (χ0v) is 8.49. The Morgan fingerprint density at radius 1 is 1.36 bits per heavy atom. The summed E-state index contributed by atoms with van der Waals surface area (Å²) in [6.45, 7) is 1.80. The van der Waals surface area contributed by atoms with Gasteiger partial charge in [0.25, 0.3) is 0 Å². The van der Waals surface area contributed by atoms with Gasteiger partial charge in [-0.25, -0.2) is 5.01 Å². The van der Waals surface area contributed by atoms with E-state index in [-0.39, 0.29) is 0 Å². The van der Waals surface area contributed by atoms with Gasteiger partial charge in [0.05, 0.1) is 7.11 Å². The summed E-state index contributed by atoms with van der Waals surface area (Å²) in [6, 6.07) is 6.25. The average Bonchev–Trinajstić information content (AvgIpc) is 2.37. The van der Waals surface area contributed by atoms with Crippen LogP contribution in [0.2, 0.25) is 0 Å². The number of nitrogens with two attached hydrogens (primary N) is 1. The van der Waals surface area contributed by atoms with E-state index < -0.39 is 0 Å². The molecule has 2 rings (SSSR count). The van der Waals surface area contributed by atoms with Crippen molar-refractivity contribution in [2.75, 3.05) is 13.7 Å². The Labute approximate surface area is 84.4 Å². The molecule has 0 radical (unpaired) electrons. The van der Waals surface area contributed by atoms with Crippen molar-refractivity contribution >= 4 is 0 Å². The highest BCUT2D eigenvalue weighted by molar-refractivity contribution is 5.36. The van der Waals surface area contributed by atoms with E-state index in [1.807, 2.05) is 11.1 Å². The van der Waals surface area contributed by atoms with E-state index >= 15 is 0 Å². The molecule has 1 aliphatic heterocycles. The lowest BCUT2D eigenvalue weighted by Gasteiger charge is -2.13. The van der Waals surface area contributed by atoms with E-state index in [1.165, 1.54) is 11.1 Å². The summed E-state index contributed by atoms with van der Waals surface area (Å²) < 4.78 is 5.20. The van der Waals surface area contributed by atoms with Crippen LogP contribution in [-0.4, -0.2) is 18.7 Å². The van der Waals surface area contributed by atoms with E-state index in [0.717, 1.165) is 31.7 Å². The lowest BCUT2D eigenvalue weighted by molar-refractivity contribution is 0.279. The van der Waals surface area contributed by atoms with Gasteiger partial charge in [0.2, 0.25) is 0 Å². The van der Waals surface area contributed by atoms with Gasteiger partial charge in [-0.3, -0.25) is 5.84 Å². The number of hydrogen-bond acceptors (Lipinski definition) is 3. The average molecular weight is 192 g/mol. The Balaban J connectivity index is 2.32. The summed E-state index contributed by atoms with van der Waals surface area (Å²) in [4.78, 5) is 0. The normalized spacial score (nSPS) is 17.3. The first kappa shape index (κ1) is 9.49. The summed E-state index contributed by atoms with van der Waals surface area (Å²) in [5, 5.41) is 1.87. The van der Waals surface area contributed by atoms with Crippen LogP contribution in [0, 0.1) is 0 Å². The molecule has 0 aromatic heterocycles. The van der Waals surface area contributed by atoms with Crippen LogP contribution in [0.25, 0.3) is 0 Å². The van der Waals surface area contributed by atoms with E-state index in [9.17, 15) is 0 Å². The van der Waals surface area contributed by atoms with Crippen LogP contribution in [0.1, 0.15) is 17.5 Å². The van der Waals surface area contributed by atoms with Gasteiger partial charge in [-0.15, -0.1) is 0 Å². The molecule has 76 valence electrons. The third-order valence-corrected chi connectivity index (χ3v) is 2.68. The van der Waals surface area contributed by atoms with Gasteiger partial charge in [0, 0.05) is 13.1 Å². The molecule has 0 spiro atoms. The molecular formula is C11H16N2O. The van der Waals surface area contributed by atoms with Crippen molar-refractivity contribution in [1.29, 1.82) is 0 Å². The minimum absolute atomic E-state index is 0.826. The first-order chi connectivity index (χ1) is 6.79. The predicted molar refractivity (Wildman–Crippen MR) is 55.9 cm³/mol. The maximum Gasteiger partial charge on any atom is 0.119 e. The van der Waals surface area contributed by atoms with Gasteiger partial charge in [-0.05, 0) is 36.1 Å². The molecule has 0 bridgehead atoms. The summed E-state index contributed by atoms with van der Waals surface area (Å²) in [5.74, 6) is 6.75. The largest absolute Gasteiger partial charge is 0.497 e. The van der Waals surface area contributed by atoms with Gasteiger partial charge < -0.3 is 4.74 Å². The fourth-order valence-electron chi connectivity index (χ4n) is 1.89. The van der Waals surface area contributed by atoms with Crippen molar-refractivity contribution in [3.05, 3.63) is 29.3 Å². The molecule has 0 fully saturated rings. The molecule has 0 atom stereocenters. The SMILES string of the molecule is COc1ccc2c(c1)CN(N)CCC2. The molecule has 2 N–H and O–H groups in total. The maximum absolute atomic E-state index is 5.83. The Bertz CT molecular complexity index is 325. The molecule has 1 heterocycles. The molecule has 3 heteroatoms. The van der Waals surface area contributed by atoms with Crippen LogP contribution in [0.5, 0.6) is 5.75 Å². The molecule has 14 heavy (non-hydrogen) atoms. The number of methoxy groups -OCH3 is 1. The fraction of sp³-hybridized carbons (Fsp3) is 0.455. The minimum Gasteiger partial charge on any atom is -0.497 e. The molecule has 1 aromatic carbocycles. The number of ether oxygens (including phenoxy) is 1. The smallest absolute Gasteiger partial charge is 0.119 e. The van der Waals surface area contributed by atoms with E-state index in [0.29, 0.717) is 0 Å². The molecule has 0 saturated carbocycles. The third-order valence-electron chi connectivity index (χ3n) is 2.68. The van der Waals surface area contributed by atoms with E-state index in [1.54, 1.807) is 7.11 Å². The second-order valence-electron chi connectivity index (χ2n) is 3.71. The second kappa shape index (κ2) is 3.98. The number of hydrazine groups is 1. The molecule has 0 amide bonds. The Hall–Kier alpha value is -1.06. The lowest BCUT2D eigenvalue weighted by Crippen LogP contribution is -2.30. The van der Waals surface area contributed by atoms with Crippen LogP contribution in [0.15, 0.2) is 18.2 Å². The highest BCUT2D eigenvalue weighted by Crippen LogP contribution is 2.22. The van der Waals surface area contributed by atoms with Gasteiger partial charge in [-0.2, -0.15) is 0 Å².